The van der Waals surface area contributed by atoms with Gasteiger partial charge in [0.1, 0.15) is 5.82 Å². The topological polar surface area (TPSA) is 87.1 Å². The van der Waals surface area contributed by atoms with E-state index in [1.165, 1.54) is 30.6 Å². The highest BCUT2D eigenvalue weighted by molar-refractivity contribution is 5.93. The molecule has 3 rings (SSSR count). The highest BCUT2D eigenvalue weighted by atomic mass is 19.1. The van der Waals surface area contributed by atoms with Gasteiger partial charge >= 0.3 is 0 Å². The van der Waals surface area contributed by atoms with Gasteiger partial charge in [-0.25, -0.2) is 14.4 Å². The molecule has 1 heterocycles. The van der Waals surface area contributed by atoms with Crippen LogP contribution in [0.1, 0.15) is 22.0 Å². The summed E-state index contributed by atoms with van der Waals surface area (Å²) in [6, 6.07) is 15.3. The zero-order valence-corrected chi connectivity index (χ0v) is 13.8. The van der Waals surface area contributed by atoms with E-state index in [1.54, 1.807) is 6.07 Å². The predicted octanol–water partition coefficient (Wildman–Crippen LogP) is 2.82. The molecule has 6 nitrogen and oxygen atoms in total. The van der Waals surface area contributed by atoms with Gasteiger partial charge in [0, 0.05) is 30.2 Å². The highest BCUT2D eigenvalue weighted by Crippen LogP contribution is 2.16. The summed E-state index contributed by atoms with van der Waals surface area (Å²) in [4.78, 5) is 20.3. The summed E-state index contributed by atoms with van der Waals surface area (Å²) in [5, 5.41) is 15.6. The molecule has 0 fully saturated rings. The summed E-state index contributed by atoms with van der Waals surface area (Å²) in [5.41, 5.74) is 1.20. The fourth-order valence-corrected chi connectivity index (χ4v) is 2.31. The second-order valence-electron chi connectivity index (χ2n) is 5.53. The minimum atomic E-state index is -1.14. The number of rotatable bonds is 6. The maximum absolute atomic E-state index is 13.6. The van der Waals surface area contributed by atoms with Crippen molar-refractivity contribution in [2.45, 2.75) is 6.10 Å². The standard InChI is InChI=1S/C19H17FN4O2/c20-16-9-5-4-8-15(16)17(25)12-21-18(26)13-10-22-19(23-11-13)24-14-6-2-1-3-7-14/h1-11,17,25H,12H2,(H,21,26)(H,22,23,24)/t17-/m1/s1. The van der Waals surface area contributed by atoms with Crippen LogP contribution in [0.2, 0.25) is 0 Å². The van der Waals surface area contributed by atoms with E-state index in [1.807, 2.05) is 30.3 Å². The fraction of sp³-hybridized carbons (Fsp3) is 0.105. The van der Waals surface area contributed by atoms with E-state index in [0.717, 1.165) is 5.69 Å². The summed E-state index contributed by atoms with van der Waals surface area (Å²) in [6.45, 7) is -0.121. The molecule has 3 aromatic rings. The average molecular weight is 352 g/mol. The number of hydrogen-bond acceptors (Lipinski definition) is 5. The van der Waals surface area contributed by atoms with Gasteiger partial charge < -0.3 is 15.7 Å². The lowest BCUT2D eigenvalue weighted by atomic mass is 10.1. The fourth-order valence-electron chi connectivity index (χ4n) is 2.31. The van der Waals surface area contributed by atoms with Crippen molar-refractivity contribution in [3.05, 3.63) is 83.9 Å². The SMILES string of the molecule is O=C(NC[C@@H](O)c1ccccc1F)c1cnc(Nc2ccccc2)nc1. The van der Waals surface area contributed by atoms with E-state index < -0.39 is 17.8 Å². The van der Waals surface area contributed by atoms with Crippen LogP contribution >= 0.6 is 0 Å². The molecule has 3 N–H and O–H groups in total. The summed E-state index contributed by atoms with van der Waals surface area (Å²) < 4.78 is 13.6. The number of carbonyl (C=O) groups is 1. The molecule has 0 aliphatic heterocycles. The number of hydrogen-bond donors (Lipinski definition) is 3. The van der Waals surface area contributed by atoms with Gasteiger partial charge in [-0.3, -0.25) is 4.79 Å². The second-order valence-corrected chi connectivity index (χ2v) is 5.53. The van der Waals surface area contributed by atoms with Crippen LogP contribution in [-0.2, 0) is 0 Å². The van der Waals surface area contributed by atoms with Crippen molar-refractivity contribution in [2.75, 3.05) is 11.9 Å². The van der Waals surface area contributed by atoms with Gasteiger partial charge in [0.15, 0.2) is 0 Å². The Bertz CT molecular complexity index is 872. The Hall–Kier alpha value is -3.32. The third-order valence-electron chi connectivity index (χ3n) is 3.66. The molecule has 0 aliphatic rings. The summed E-state index contributed by atoms with van der Waals surface area (Å²) in [5.74, 6) is -0.611. The molecule has 0 bridgehead atoms. The smallest absolute Gasteiger partial charge is 0.254 e. The number of aromatic nitrogens is 2. The number of benzene rings is 2. The van der Waals surface area contributed by atoms with Crippen molar-refractivity contribution in [1.29, 1.82) is 0 Å². The Morgan fingerprint density at radius 2 is 1.69 bits per heavy atom. The molecule has 0 saturated carbocycles. The van der Waals surface area contributed by atoms with Crippen molar-refractivity contribution >= 4 is 17.5 Å². The van der Waals surface area contributed by atoms with Crippen LogP contribution in [0.4, 0.5) is 16.0 Å². The quantitative estimate of drug-likeness (QED) is 0.635. The van der Waals surface area contributed by atoms with E-state index in [0.29, 0.717) is 5.95 Å². The first kappa shape index (κ1) is 17.5. The Morgan fingerprint density at radius 1 is 1.04 bits per heavy atom. The zero-order chi connectivity index (χ0) is 18.4. The maximum Gasteiger partial charge on any atom is 0.254 e. The lowest BCUT2D eigenvalue weighted by Gasteiger charge is -2.13. The predicted molar refractivity (Wildman–Crippen MR) is 95.4 cm³/mol. The number of nitrogens with zero attached hydrogens (tertiary/aromatic N) is 2. The van der Waals surface area contributed by atoms with E-state index in [9.17, 15) is 14.3 Å². The highest BCUT2D eigenvalue weighted by Gasteiger charge is 2.14. The van der Waals surface area contributed by atoms with E-state index in [2.05, 4.69) is 20.6 Å². The van der Waals surface area contributed by atoms with Crippen molar-refractivity contribution in [3.63, 3.8) is 0 Å². The van der Waals surface area contributed by atoms with Gasteiger partial charge in [0.05, 0.1) is 11.7 Å². The average Bonchev–Trinajstić information content (AvgIpc) is 2.67. The molecule has 132 valence electrons. The van der Waals surface area contributed by atoms with Gasteiger partial charge in [-0.05, 0) is 18.2 Å². The first-order valence-corrected chi connectivity index (χ1v) is 7.98. The van der Waals surface area contributed by atoms with Crippen LogP contribution < -0.4 is 10.6 Å². The monoisotopic (exact) mass is 352 g/mol. The van der Waals surface area contributed by atoms with E-state index in [4.69, 9.17) is 0 Å². The van der Waals surface area contributed by atoms with Crippen molar-refractivity contribution in [3.8, 4) is 0 Å². The maximum atomic E-state index is 13.6. The van der Waals surface area contributed by atoms with Crippen LogP contribution in [0, 0.1) is 5.82 Å². The Morgan fingerprint density at radius 3 is 2.38 bits per heavy atom. The summed E-state index contributed by atoms with van der Waals surface area (Å²) in [6.07, 6.45) is 1.62. The van der Waals surface area contributed by atoms with Crippen LogP contribution in [0.25, 0.3) is 0 Å². The lowest BCUT2D eigenvalue weighted by molar-refractivity contribution is 0.0913. The first-order chi connectivity index (χ1) is 12.6. The zero-order valence-electron chi connectivity index (χ0n) is 13.8. The summed E-state index contributed by atoms with van der Waals surface area (Å²) in [7, 11) is 0. The molecule has 1 amide bonds. The Labute approximate surface area is 149 Å². The molecule has 0 radical (unpaired) electrons. The van der Waals surface area contributed by atoms with Gasteiger partial charge in [-0.2, -0.15) is 0 Å². The van der Waals surface area contributed by atoms with Gasteiger partial charge in [0.25, 0.3) is 5.91 Å². The number of amides is 1. The number of nitrogens with one attached hydrogen (secondary N) is 2. The molecule has 1 atom stereocenters. The van der Waals surface area contributed by atoms with Crippen LogP contribution in [0.3, 0.4) is 0 Å². The molecule has 2 aromatic carbocycles. The molecule has 26 heavy (non-hydrogen) atoms. The van der Waals surface area contributed by atoms with Crippen molar-refractivity contribution in [1.82, 2.24) is 15.3 Å². The van der Waals surface area contributed by atoms with Crippen LogP contribution in [-0.4, -0.2) is 27.5 Å². The van der Waals surface area contributed by atoms with Crippen molar-refractivity contribution < 1.29 is 14.3 Å². The third-order valence-corrected chi connectivity index (χ3v) is 3.66. The molecule has 7 heteroatoms. The number of para-hydroxylation sites is 1. The van der Waals surface area contributed by atoms with E-state index >= 15 is 0 Å². The number of aliphatic hydroxyl groups is 1. The molecule has 0 unspecified atom stereocenters. The van der Waals surface area contributed by atoms with Gasteiger partial charge in [-0.15, -0.1) is 0 Å². The van der Waals surface area contributed by atoms with Crippen LogP contribution in [0.5, 0.6) is 0 Å². The van der Waals surface area contributed by atoms with Crippen LogP contribution in [0.15, 0.2) is 67.0 Å². The second kappa shape index (κ2) is 8.17. The molecule has 0 aliphatic carbocycles. The summed E-state index contributed by atoms with van der Waals surface area (Å²) >= 11 is 0. The molecule has 0 spiro atoms. The van der Waals surface area contributed by atoms with Gasteiger partial charge in [0.2, 0.25) is 5.95 Å². The minimum Gasteiger partial charge on any atom is -0.386 e. The largest absolute Gasteiger partial charge is 0.386 e. The molecular formula is C19H17FN4O2. The third kappa shape index (κ3) is 4.40. The van der Waals surface area contributed by atoms with E-state index in [-0.39, 0.29) is 17.7 Å². The Balaban J connectivity index is 1.57. The minimum absolute atomic E-state index is 0.121. The van der Waals surface area contributed by atoms with Crippen molar-refractivity contribution in [2.24, 2.45) is 0 Å². The number of aliphatic hydroxyl groups excluding tert-OH is 1. The molecule has 1 aromatic heterocycles. The normalized spacial score (nSPS) is 11.6. The number of anilines is 2. The molecular weight excluding hydrogens is 335 g/mol. The van der Waals surface area contributed by atoms with Gasteiger partial charge in [-0.1, -0.05) is 36.4 Å². The number of carbonyl (C=O) groups excluding carboxylic acids is 1. The Kier molecular flexibility index (Phi) is 5.50. The number of halogens is 1. The lowest BCUT2D eigenvalue weighted by Crippen LogP contribution is -2.29. The molecule has 0 saturated heterocycles. The first-order valence-electron chi connectivity index (χ1n) is 7.98.